The molecule has 3 rings (SSSR count). The van der Waals surface area contributed by atoms with Crippen LogP contribution in [0.1, 0.15) is 22.7 Å². The summed E-state index contributed by atoms with van der Waals surface area (Å²) in [4.78, 5) is 4.07. The summed E-state index contributed by atoms with van der Waals surface area (Å²) >= 11 is 0. The van der Waals surface area contributed by atoms with Crippen LogP contribution in [0.5, 0.6) is 0 Å². The molecular weight excluding hydrogens is 208 g/mol. The lowest BCUT2D eigenvalue weighted by atomic mass is 9.91. The van der Waals surface area contributed by atoms with Crippen molar-refractivity contribution in [1.82, 2.24) is 4.98 Å². The van der Waals surface area contributed by atoms with Crippen molar-refractivity contribution in [2.24, 2.45) is 0 Å². The van der Waals surface area contributed by atoms with E-state index in [1.54, 1.807) is 0 Å². The first-order valence-corrected chi connectivity index (χ1v) is 6.23. The van der Waals surface area contributed by atoms with Gasteiger partial charge in [0.25, 0.3) is 0 Å². The van der Waals surface area contributed by atoms with Crippen LogP contribution in [-0.2, 0) is 12.8 Å². The van der Waals surface area contributed by atoms with Gasteiger partial charge in [-0.25, -0.2) is 0 Å². The van der Waals surface area contributed by atoms with Gasteiger partial charge in [0.1, 0.15) is 6.04 Å². The number of nitrogens with zero attached hydrogens (tertiary/aromatic N) is 1. The topological polar surface area (TPSA) is 29.5 Å². The second-order valence-electron chi connectivity index (χ2n) is 4.64. The summed E-state index contributed by atoms with van der Waals surface area (Å²) in [5.41, 5.74) is 4.41. The zero-order valence-corrected chi connectivity index (χ0v) is 9.84. The van der Waals surface area contributed by atoms with Gasteiger partial charge in [-0.15, -0.1) is 0 Å². The van der Waals surface area contributed by atoms with E-state index < -0.39 is 0 Å². The molecule has 0 radical (unpaired) electrons. The van der Waals surface area contributed by atoms with E-state index in [4.69, 9.17) is 0 Å². The van der Waals surface area contributed by atoms with Crippen molar-refractivity contribution >= 4 is 0 Å². The number of fused-ring (bicyclic) bond motifs is 1. The maximum absolute atomic E-state index is 4.07. The Bertz CT molecular complexity index is 493. The van der Waals surface area contributed by atoms with Crippen LogP contribution in [0, 0.1) is 0 Å². The van der Waals surface area contributed by atoms with Crippen molar-refractivity contribution in [1.29, 1.82) is 0 Å². The second kappa shape index (κ2) is 4.68. The summed E-state index contributed by atoms with van der Waals surface area (Å²) < 4.78 is 0. The van der Waals surface area contributed by atoms with E-state index in [1.165, 1.54) is 29.7 Å². The normalized spacial score (nSPS) is 18.7. The molecule has 1 aromatic carbocycles. The molecule has 0 saturated heterocycles. The summed E-state index contributed by atoms with van der Waals surface area (Å²) in [5, 5.41) is 2.46. The van der Waals surface area contributed by atoms with Crippen molar-refractivity contribution in [3.05, 3.63) is 65.5 Å². The summed E-state index contributed by atoms with van der Waals surface area (Å²) in [7, 11) is 0. The van der Waals surface area contributed by atoms with Crippen molar-refractivity contribution in [2.45, 2.75) is 18.9 Å². The molecule has 2 aromatic rings. The SMILES string of the molecule is c1ccc2c(c1)CC[NH2+]C2Cc1ccncc1. The van der Waals surface area contributed by atoms with Crippen molar-refractivity contribution < 1.29 is 5.32 Å². The lowest BCUT2D eigenvalue weighted by molar-refractivity contribution is -0.698. The van der Waals surface area contributed by atoms with Crippen molar-refractivity contribution in [2.75, 3.05) is 6.54 Å². The number of pyridine rings is 1. The quantitative estimate of drug-likeness (QED) is 0.824. The molecule has 0 spiro atoms. The first-order chi connectivity index (χ1) is 8.43. The Kier molecular flexibility index (Phi) is 2.88. The molecule has 0 fully saturated rings. The fourth-order valence-electron chi connectivity index (χ4n) is 2.66. The average Bonchev–Trinajstić information content (AvgIpc) is 2.40. The Morgan fingerprint density at radius 2 is 1.94 bits per heavy atom. The second-order valence-corrected chi connectivity index (χ2v) is 4.64. The highest BCUT2D eigenvalue weighted by Gasteiger charge is 2.22. The molecule has 1 aromatic heterocycles. The summed E-state index contributed by atoms with van der Waals surface area (Å²) in [6, 6.07) is 13.6. The molecule has 86 valence electrons. The summed E-state index contributed by atoms with van der Waals surface area (Å²) in [5.74, 6) is 0. The van der Waals surface area contributed by atoms with Crippen LogP contribution >= 0.6 is 0 Å². The van der Waals surface area contributed by atoms with E-state index in [0.29, 0.717) is 6.04 Å². The third kappa shape index (κ3) is 2.22. The standard InChI is InChI=1S/C15H16N2/c1-2-4-14-13(3-1)7-10-17-15(14)11-12-5-8-16-9-6-12/h1-6,8-9,15,17H,7,10-11H2/p+1. The average molecular weight is 225 g/mol. The molecular formula is C15H17N2+. The highest BCUT2D eigenvalue weighted by Crippen LogP contribution is 2.21. The Labute approximate surface area is 102 Å². The first kappa shape index (κ1) is 10.5. The molecule has 0 bridgehead atoms. The van der Waals surface area contributed by atoms with Gasteiger partial charge in [-0.05, 0) is 23.3 Å². The maximum Gasteiger partial charge on any atom is 0.116 e. The van der Waals surface area contributed by atoms with Crippen LogP contribution in [0.2, 0.25) is 0 Å². The molecule has 1 aliphatic heterocycles. The molecule has 2 nitrogen and oxygen atoms in total. The summed E-state index contributed by atoms with van der Waals surface area (Å²) in [6.07, 6.45) is 6.05. The van der Waals surface area contributed by atoms with Gasteiger partial charge in [0.05, 0.1) is 6.54 Å². The minimum Gasteiger partial charge on any atom is -0.340 e. The fraction of sp³-hybridized carbons (Fsp3) is 0.267. The number of rotatable bonds is 2. The van der Waals surface area contributed by atoms with E-state index in [1.807, 2.05) is 12.4 Å². The number of nitrogens with two attached hydrogens (primary N) is 1. The lowest BCUT2D eigenvalue weighted by Gasteiger charge is -2.23. The molecule has 2 N–H and O–H groups in total. The number of aromatic nitrogens is 1. The Morgan fingerprint density at radius 1 is 1.12 bits per heavy atom. The Morgan fingerprint density at radius 3 is 2.82 bits per heavy atom. The molecule has 1 aliphatic rings. The molecule has 2 heterocycles. The van der Waals surface area contributed by atoms with Gasteiger partial charge in [-0.3, -0.25) is 4.98 Å². The number of hydrogen-bond acceptors (Lipinski definition) is 1. The number of benzene rings is 1. The van der Waals surface area contributed by atoms with E-state index in [0.717, 1.165) is 6.42 Å². The van der Waals surface area contributed by atoms with E-state index in [9.17, 15) is 0 Å². The molecule has 0 aliphatic carbocycles. The number of hydrogen-bond donors (Lipinski definition) is 1. The van der Waals surface area contributed by atoms with Gasteiger partial charge in [-0.1, -0.05) is 24.3 Å². The Hall–Kier alpha value is -1.67. The maximum atomic E-state index is 4.07. The van der Waals surface area contributed by atoms with Gasteiger partial charge in [0.2, 0.25) is 0 Å². The molecule has 0 amide bonds. The van der Waals surface area contributed by atoms with Crippen LogP contribution in [0.25, 0.3) is 0 Å². The highest BCUT2D eigenvalue weighted by atomic mass is 14.9. The van der Waals surface area contributed by atoms with Crippen LogP contribution in [0.3, 0.4) is 0 Å². The summed E-state index contributed by atoms with van der Waals surface area (Å²) in [6.45, 7) is 1.20. The van der Waals surface area contributed by atoms with Gasteiger partial charge >= 0.3 is 0 Å². The smallest absolute Gasteiger partial charge is 0.116 e. The zero-order chi connectivity index (χ0) is 11.5. The van der Waals surface area contributed by atoms with Crippen molar-refractivity contribution in [3.8, 4) is 0 Å². The van der Waals surface area contributed by atoms with E-state index in [2.05, 4.69) is 46.7 Å². The molecule has 0 saturated carbocycles. The van der Waals surface area contributed by atoms with Crippen LogP contribution in [0.15, 0.2) is 48.8 Å². The minimum absolute atomic E-state index is 0.572. The number of quaternary nitrogens is 1. The van der Waals surface area contributed by atoms with E-state index in [-0.39, 0.29) is 0 Å². The predicted octanol–water partition coefficient (Wildman–Crippen LogP) is 1.48. The van der Waals surface area contributed by atoms with Crippen LogP contribution < -0.4 is 5.32 Å². The fourth-order valence-corrected chi connectivity index (χ4v) is 2.66. The van der Waals surface area contributed by atoms with Gasteiger partial charge in [0.15, 0.2) is 0 Å². The third-order valence-corrected chi connectivity index (χ3v) is 3.52. The molecule has 2 heteroatoms. The zero-order valence-electron chi connectivity index (χ0n) is 9.84. The molecule has 17 heavy (non-hydrogen) atoms. The van der Waals surface area contributed by atoms with E-state index >= 15 is 0 Å². The Balaban J connectivity index is 1.86. The minimum atomic E-state index is 0.572. The molecule has 1 unspecified atom stereocenters. The van der Waals surface area contributed by atoms with Crippen LogP contribution in [-0.4, -0.2) is 11.5 Å². The highest BCUT2D eigenvalue weighted by molar-refractivity contribution is 5.31. The lowest BCUT2D eigenvalue weighted by Crippen LogP contribution is -2.87. The monoisotopic (exact) mass is 225 g/mol. The third-order valence-electron chi connectivity index (χ3n) is 3.52. The van der Waals surface area contributed by atoms with Gasteiger partial charge in [-0.2, -0.15) is 0 Å². The van der Waals surface area contributed by atoms with Gasteiger partial charge < -0.3 is 5.32 Å². The van der Waals surface area contributed by atoms with Crippen molar-refractivity contribution in [3.63, 3.8) is 0 Å². The molecule has 1 atom stereocenters. The predicted molar refractivity (Wildman–Crippen MR) is 67.6 cm³/mol. The van der Waals surface area contributed by atoms with Crippen LogP contribution in [0.4, 0.5) is 0 Å². The first-order valence-electron chi connectivity index (χ1n) is 6.23. The van der Waals surface area contributed by atoms with Gasteiger partial charge in [0, 0.05) is 30.8 Å². The largest absolute Gasteiger partial charge is 0.340 e.